The molecule has 0 aliphatic heterocycles. The molecule has 0 bridgehead atoms. The Labute approximate surface area is 173 Å². The Bertz CT molecular complexity index is 667. The molecule has 2 rings (SSSR count). The lowest BCUT2D eigenvalue weighted by Gasteiger charge is -2.25. The van der Waals surface area contributed by atoms with E-state index < -0.39 is 10.0 Å². The molecule has 1 fully saturated rings. The van der Waals surface area contributed by atoms with Gasteiger partial charge in [-0.2, -0.15) is 0 Å². The smallest absolute Gasteiger partial charge is 0.216 e. The first-order valence-corrected chi connectivity index (χ1v) is 10.5. The zero-order chi connectivity index (χ0) is 18.3. The second kappa shape index (κ2) is 11.1. The fourth-order valence-electron chi connectivity index (χ4n) is 2.41. The van der Waals surface area contributed by atoms with Crippen LogP contribution in [0.2, 0.25) is 0 Å². The van der Waals surface area contributed by atoms with Crippen LogP contribution in [-0.4, -0.2) is 44.7 Å². The van der Waals surface area contributed by atoms with E-state index in [1.54, 1.807) is 0 Å². The Morgan fingerprint density at radius 2 is 2.04 bits per heavy atom. The molecule has 0 unspecified atom stereocenters. The summed E-state index contributed by atoms with van der Waals surface area (Å²) in [5, 5.41) is 6.12. The Hall–Kier alpha value is -0.880. The highest BCUT2D eigenvalue weighted by molar-refractivity contribution is 14.0. The SMILES string of the molecule is CCNC(=NCc1nc(C)c(C)o1)NCCS(=O)(=O)NCC1CCC1.I. The van der Waals surface area contributed by atoms with E-state index in [0.29, 0.717) is 37.4 Å². The average Bonchev–Trinajstić information content (AvgIpc) is 2.81. The third-order valence-corrected chi connectivity index (χ3v) is 5.62. The summed E-state index contributed by atoms with van der Waals surface area (Å²) in [6.45, 7) is 7.53. The average molecular weight is 499 g/mol. The van der Waals surface area contributed by atoms with Gasteiger partial charge in [0, 0.05) is 19.6 Å². The molecule has 0 radical (unpaired) electrons. The molecule has 0 amide bonds. The lowest BCUT2D eigenvalue weighted by molar-refractivity contribution is 0.316. The van der Waals surface area contributed by atoms with Crippen LogP contribution in [0.3, 0.4) is 0 Å². The number of halogens is 1. The number of guanidine groups is 1. The van der Waals surface area contributed by atoms with E-state index in [1.165, 1.54) is 6.42 Å². The van der Waals surface area contributed by atoms with Gasteiger partial charge in [0.1, 0.15) is 12.3 Å². The Morgan fingerprint density at radius 1 is 1.31 bits per heavy atom. The monoisotopic (exact) mass is 499 g/mol. The van der Waals surface area contributed by atoms with Crippen molar-refractivity contribution in [2.45, 2.75) is 46.6 Å². The number of sulfonamides is 1. The molecular formula is C16H30IN5O3S. The molecule has 8 nitrogen and oxygen atoms in total. The van der Waals surface area contributed by atoms with Crippen LogP contribution in [0.25, 0.3) is 0 Å². The van der Waals surface area contributed by atoms with Crippen LogP contribution >= 0.6 is 24.0 Å². The predicted molar refractivity (Wildman–Crippen MR) is 113 cm³/mol. The first kappa shape index (κ1) is 23.2. The van der Waals surface area contributed by atoms with Gasteiger partial charge in [0.2, 0.25) is 15.9 Å². The van der Waals surface area contributed by atoms with Gasteiger partial charge in [-0.15, -0.1) is 24.0 Å². The van der Waals surface area contributed by atoms with Gasteiger partial charge in [0.05, 0.1) is 11.4 Å². The lowest BCUT2D eigenvalue weighted by atomic mass is 9.86. The highest BCUT2D eigenvalue weighted by atomic mass is 127. The maximum Gasteiger partial charge on any atom is 0.216 e. The van der Waals surface area contributed by atoms with Crippen LogP contribution < -0.4 is 15.4 Å². The summed E-state index contributed by atoms with van der Waals surface area (Å²) in [6.07, 6.45) is 3.45. The van der Waals surface area contributed by atoms with Crippen molar-refractivity contribution in [3.63, 3.8) is 0 Å². The molecule has 1 saturated carbocycles. The summed E-state index contributed by atoms with van der Waals surface area (Å²) in [7, 11) is -3.26. The first-order chi connectivity index (χ1) is 11.9. The van der Waals surface area contributed by atoms with Crippen molar-refractivity contribution >= 4 is 40.0 Å². The van der Waals surface area contributed by atoms with Crippen LogP contribution in [0, 0.1) is 19.8 Å². The maximum absolute atomic E-state index is 12.0. The topological polar surface area (TPSA) is 109 Å². The fourth-order valence-corrected chi connectivity index (χ4v) is 3.42. The van der Waals surface area contributed by atoms with Crippen molar-refractivity contribution < 1.29 is 12.8 Å². The Balaban J connectivity index is 0.00000338. The van der Waals surface area contributed by atoms with Crippen molar-refractivity contribution in [3.8, 4) is 0 Å². The van der Waals surface area contributed by atoms with Crippen LogP contribution in [0.1, 0.15) is 43.5 Å². The van der Waals surface area contributed by atoms with Crippen LogP contribution in [0.5, 0.6) is 0 Å². The molecule has 0 aromatic carbocycles. The quantitative estimate of drug-likeness (QED) is 0.271. The van der Waals surface area contributed by atoms with Crippen LogP contribution in [0.15, 0.2) is 9.41 Å². The van der Waals surface area contributed by atoms with Crippen molar-refractivity contribution in [3.05, 3.63) is 17.3 Å². The standard InChI is InChI=1S/C16H29N5O3S.HI/c1-4-17-16(19-11-15-21-12(2)13(3)24-15)18-8-9-25(22,23)20-10-14-6-5-7-14;/h14,20H,4-11H2,1-3H3,(H2,17,18,19);1H. The summed E-state index contributed by atoms with van der Waals surface area (Å²) in [6, 6.07) is 0. The Morgan fingerprint density at radius 3 is 2.58 bits per heavy atom. The van der Waals surface area contributed by atoms with Crippen LogP contribution in [-0.2, 0) is 16.6 Å². The summed E-state index contributed by atoms with van der Waals surface area (Å²) >= 11 is 0. The van der Waals surface area contributed by atoms with Crippen molar-refractivity contribution in [1.82, 2.24) is 20.3 Å². The molecule has 0 atom stereocenters. The molecule has 26 heavy (non-hydrogen) atoms. The van der Waals surface area contributed by atoms with Crippen molar-refractivity contribution in [1.29, 1.82) is 0 Å². The number of oxazole rings is 1. The third-order valence-electron chi connectivity index (χ3n) is 4.27. The zero-order valence-electron chi connectivity index (χ0n) is 15.7. The summed E-state index contributed by atoms with van der Waals surface area (Å²) < 4.78 is 32.2. The number of hydrogen-bond acceptors (Lipinski definition) is 5. The summed E-state index contributed by atoms with van der Waals surface area (Å²) in [5.74, 6) is 2.40. The number of aliphatic imine (C=N–C) groups is 1. The second-order valence-electron chi connectivity index (χ2n) is 6.34. The molecule has 1 aliphatic rings. The highest BCUT2D eigenvalue weighted by Crippen LogP contribution is 2.25. The minimum Gasteiger partial charge on any atom is -0.444 e. The van der Waals surface area contributed by atoms with E-state index in [-0.39, 0.29) is 36.3 Å². The molecule has 1 heterocycles. The van der Waals surface area contributed by atoms with Gasteiger partial charge in [-0.05, 0) is 39.5 Å². The van der Waals surface area contributed by atoms with E-state index in [0.717, 1.165) is 24.3 Å². The largest absolute Gasteiger partial charge is 0.444 e. The first-order valence-electron chi connectivity index (χ1n) is 8.82. The van der Waals surface area contributed by atoms with E-state index in [2.05, 4.69) is 25.3 Å². The summed E-state index contributed by atoms with van der Waals surface area (Å²) in [4.78, 5) is 8.66. The number of hydrogen-bond donors (Lipinski definition) is 3. The molecule has 1 aromatic heterocycles. The van der Waals surface area contributed by atoms with Crippen LogP contribution in [0.4, 0.5) is 0 Å². The van der Waals surface area contributed by atoms with Crippen molar-refractivity contribution in [2.75, 3.05) is 25.4 Å². The number of aromatic nitrogens is 1. The summed E-state index contributed by atoms with van der Waals surface area (Å²) in [5.41, 5.74) is 0.854. The lowest BCUT2D eigenvalue weighted by Crippen LogP contribution is -2.42. The molecule has 150 valence electrons. The van der Waals surface area contributed by atoms with Crippen molar-refractivity contribution in [2.24, 2.45) is 10.9 Å². The van der Waals surface area contributed by atoms with Gasteiger partial charge >= 0.3 is 0 Å². The maximum atomic E-state index is 12.0. The van der Waals surface area contributed by atoms with E-state index in [4.69, 9.17) is 4.42 Å². The number of nitrogens with one attached hydrogen (secondary N) is 3. The minimum absolute atomic E-state index is 0. The van der Waals surface area contributed by atoms with Gasteiger partial charge < -0.3 is 15.1 Å². The third kappa shape index (κ3) is 7.78. The van der Waals surface area contributed by atoms with Gasteiger partial charge in [0.15, 0.2) is 5.96 Å². The number of rotatable bonds is 9. The van der Waals surface area contributed by atoms with E-state index in [1.807, 2.05) is 20.8 Å². The molecular weight excluding hydrogens is 469 g/mol. The zero-order valence-corrected chi connectivity index (χ0v) is 18.8. The molecule has 3 N–H and O–H groups in total. The molecule has 10 heteroatoms. The van der Waals surface area contributed by atoms with Gasteiger partial charge in [-0.25, -0.2) is 23.1 Å². The van der Waals surface area contributed by atoms with E-state index in [9.17, 15) is 8.42 Å². The number of nitrogens with zero attached hydrogens (tertiary/aromatic N) is 2. The predicted octanol–water partition coefficient (Wildman–Crippen LogP) is 1.68. The normalized spacial score (nSPS) is 15.3. The molecule has 0 saturated heterocycles. The number of aryl methyl sites for hydroxylation is 2. The molecule has 1 aromatic rings. The van der Waals surface area contributed by atoms with Gasteiger partial charge in [-0.1, -0.05) is 6.42 Å². The molecule has 0 spiro atoms. The minimum atomic E-state index is -3.26. The van der Waals surface area contributed by atoms with E-state index >= 15 is 0 Å². The second-order valence-corrected chi connectivity index (χ2v) is 8.26. The fraction of sp³-hybridized carbons (Fsp3) is 0.750. The Kier molecular flexibility index (Phi) is 9.86. The van der Waals surface area contributed by atoms with Gasteiger partial charge in [-0.3, -0.25) is 0 Å². The highest BCUT2D eigenvalue weighted by Gasteiger charge is 2.20. The van der Waals surface area contributed by atoms with Gasteiger partial charge in [0.25, 0.3) is 0 Å². The molecule has 1 aliphatic carbocycles.